The predicted octanol–water partition coefficient (Wildman–Crippen LogP) is -5.62. The number of amides is 10. The lowest BCUT2D eigenvalue weighted by molar-refractivity contribution is -0.143. The van der Waals surface area contributed by atoms with Gasteiger partial charge in [-0.2, -0.15) is 0 Å². The topological polar surface area (TPSA) is 521 Å². The van der Waals surface area contributed by atoms with Crippen molar-refractivity contribution < 1.29 is 97.8 Å². The first-order chi connectivity index (χ1) is 38.5. The zero-order valence-electron chi connectivity index (χ0n) is 45.0. The van der Waals surface area contributed by atoms with Gasteiger partial charge in [0.1, 0.15) is 54.4 Å². The molecule has 0 spiro atoms. The van der Waals surface area contributed by atoms with Crippen LogP contribution >= 0.6 is 0 Å². The van der Waals surface area contributed by atoms with Gasteiger partial charge >= 0.3 is 23.9 Å². The van der Waals surface area contributed by atoms with Crippen LogP contribution in [0.5, 0.6) is 0 Å². The lowest BCUT2D eigenvalue weighted by Crippen LogP contribution is -2.61. The Morgan fingerprint density at radius 1 is 0.415 bits per heavy atom. The largest absolute Gasteiger partial charge is 0.481 e. The molecule has 0 aliphatic rings. The van der Waals surface area contributed by atoms with Crippen LogP contribution in [0.2, 0.25) is 0 Å². The quantitative estimate of drug-likeness (QED) is 0.0300. The minimum absolute atomic E-state index is 0.0224. The van der Waals surface area contributed by atoms with Crippen LogP contribution in [0.4, 0.5) is 0 Å². The Labute approximate surface area is 468 Å². The molecule has 31 heteroatoms. The molecule has 0 fully saturated rings. The van der Waals surface area contributed by atoms with E-state index < -0.39 is 195 Å². The van der Waals surface area contributed by atoms with Gasteiger partial charge in [-0.25, -0.2) is 4.79 Å². The number of aliphatic carboxylic acids is 4. The second kappa shape index (κ2) is 34.8. The van der Waals surface area contributed by atoms with E-state index in [1.165, 1.54) is 0 Å². The second-order valence-electron chi connectivity index (χ2n) is 19.2. The number of rotatable bonds is 37. The highest BCUT2D eigenvalue weighted by Gasteiger charge is 2.36. The Morgan fingerprint density at radius 2 is 0.768 bits per heavy atom. The van der Waals surface area contributed by atoms with Crippen LogP contribution < -0.4 is 59.3 Å². The van der Waals surface area contributed by atoms with Crippen LogP contribution in [0.1, 0.15) is 76.8 Å². The minimum atomic E-state index is -2.03. The molecular formula is C51H71N11O20. The van der Waals surface area contributed by atoms with Gasteiger partial charge in [0, 0.05) is 25.7 Å². The summed E-state index contributed by atoms with van der Waals surface area (Å²) in [5, 5.41) is 78.2. The molecule has 0 unspecified atom stereocenters. The molecule has 0 bridgehead atoms. The van der Waals surface area contributed by atoms with E-state index in [-0.39, 0.29) is 25.2 Å². The van der Waals surface area contributed by atoms with Crippen LogP contribution in [-0.4, -0.2) is 187 Å². The third-order valence-corrected chi connectivity index (χ3v) is 11.9. The monoisotopic (exact) mass is 1160 g/mol. The van der Waals surface area contributed by atoms with Crippen molar-refractivity contribution in [2.75, 3.05) is 13.2 Å². The minimum Gasteiger partial charge on any atom is -0.481 e. The summed E-state index contributed by atoms with van der Waals surface area (Å²) >= 11 is 0. The summed E-state index contributed by atoms with van der Waals surface area (Å²) in [7, 11) is 0. The van der Waals surface area contributed by atoms with E-state index in [9.17, 15) is 92.7 Å². The molecule has 10 atom stereocenters. The number of hydrogen-bond donors (Lipinski definition) is 17. The highest BCUT2D eigenvalue weighted by atomic mass is 16.4. The zero-order valence-corrected chi connectivity index (χ0v) is 45.0. The second-order valence-corrected chi connectivity index (χ2v) is 19.2. The summed E-state index contributed by atoms with van der Waals surface area (Å²) in [6.07, 6.45) is -4.97. The molecule has 0 saturated carbocycles. The molecule has 82 heavy (non-hydrogen) atoms. The van der Waals surface area contributed by atoms with Crippen LogP contribution in [0.3, 0.4) is 0 Å². The van der Waals surface area contributed by atoms with Gasteiger partial charge in [0.25, 0.3) is 0 Å². The van der Waals surface area contributed by atoms with Crippen LogP contribution in [-0.2, 0) is 80.0 Å². The van der Waals surface area contributed by atoms with E-state index in [0.717, 1.165) is 6.92 Å². The Bertz CT molecular complexity index is 2590. The van der Waals surface area contributed by atoms with Gasteiger partial charge in [-0.05, 0) is 43.2 Å². The third kappa shape index (κ3) is 25.3. The molecule has 2 aromatic carbocycles. The Kier molecular flexibility index (Phi) is 29.3. The lowest BCUT2D eigenvalue weighted by Gasteiger charge is -2.27. The number of nitrogens with one attached hydrogen (secondary N) is 9. The maximum Gasteiger partial charge on any atom is 0.326 e. The van der Waals surface area contributed by atoms with E-state index in [1.54, 1.807) is 74.5 Å². The van der Waals surface area contributed by atoms with E-state index in [4.69, 9.17) is 16.6 Å². The first kappa shape index (κ1) is 69.0. The summed E-state index contributed by atoms with van der Waals surface area (Å²) in [5.74, 6) is -17.8. The van der Waals surface area contributed by atoms with Gasteiger partial charge in [-0.3, -0.25) is 62.3 Å². The van der Waals surface area contributed by atoms with E-state index in [1.807, 2.05) is 0 Å². The van der Waals surface area contributed by atoms with Crippen molar-refractivity contribution in [3.05, 3.63) is 71.8 Å². The van der Waals surface area contributed by atoms with E-state index >= 15 is 0 Å². The summed E-state index contributed by atoms with van der Waals surface area (Å²) in [4.78, 5) is 180. The summed E-state index contributed by atoms with van der Waals surface area (Å²) in [5.41, 5.74) is 12.0. The summed E-state index contributed by atoms with van der Waals surface area (Å²) in [6.45, 7) is 2.10. The maximum absolute atomic E-state index is 13.8. The lowest BCUT2D eigenvalue weighted by atomic mass is 10.0. The van der Waals surface area contributed by atoms with Crippen molar-refractivity contribution in [2.24, 2.45) is 17.4 Å². The highest BCUT2D eigenvalue weighted by molar-refractivity contribution is 5.99. The number of nitrogens with two attached hydrogens (primary N) is 2. The highest BCUT2D eigenvalue weighted by Crippen LogP contribution is 2.11. The van der Waals surface area contributed by atoms with Crippen LogP contribution in [0, 0.1) is 5.92 Å². The normalized spacial score (nSPS) is 14.6. The van der Waals surface area contributed by atoms with Crippen LogP contribution in [0.15, 0.2) is 60.7 Å². The number of aliphatic hydroxyl groups is 2. The molecule has 0 heterocycles. The molecule has 10 amide bonds. The maximum atomic E-state index is 13.8. The van der Waals surface area contributed by atoms with Crippen LogP contribution in [0.25, 0.3) is 0 Å². The van der Waals surface area contributed by atoms with Gasteiger partial charge in [-0.1, -0.05) is 74.5 Å². The van der Waals surface area contributed by atoms with Gasteiger partial charge < -0.3 is 90.0 Å². The number of primary amides is 1. The molecule has 0 saturated heterocycles. The summed E-state index contributed by atoms with van der Waals surface area (Å²) < 4.78 is 0. The van der Waals surface area contributed by atoms with Crippen molar-refractivity contribution in [3.8, 4) is 0 Å². The average molecular weight is 1160 g/mol. The van der Waals surface area contributed by atoms with Gasteiger partial charge in [0.15, 0.2) is 0 Å². The summed E-state index contributed by atoms with van der Waals surface area (Å²) in [6, 6.07) is -1.06. The molecule has 2 rings (SSSR count). The van der Waals surface area contributed by atoms with Gasteiger partial charge in [-0.15, -0.1) is 0 Å². The van der Waals surface area contributed by atoms with E-state index in [0.29, 0.717) is 11.1 Å². The van der Waals surface area contributed by atoms with Crippen molar-refractivity contribution in [2.45, 2.75) is 139 Å². The number of carboxylic acids is 4. The molecule has 2 aromatic rings. The predicted molar refractivity (Wildman–Crippen MR) is 282 cm³/mol. The smallest absolute Gasteiger partial charge is 0.326 e. The Hall–Kier alpha value is -9.10. The Balaban J connectivity index is 2.29. The zero-order chi connectivity index (χ0) is 61.8. The van der Waals surface area contributed by atoms with Crippen molar-refractivity contribution >= 4 is 82.9 Å². The van der Waals surface area contributed by atoms with Crippen molar-refractivity contribution in [1.82, 2.24) is 47.9 Å². The fraction of sp³-hybridized carbons (Fsp3) is 0.490. The fourth-order valence-electron chi connectivity index (χ4n) is 7.54. The first-order valence-corrected chi connectivity index (χ1v) is 25.5. The number of carbonyl (C=O) groups excluding carboxylic acids is 10. The third-order valence-electron chi connectivity index (χ3n) is 11.9. The van der Waals surface area contributed by atoms with Gasteiger partial charge in [0.05, 0.1) is 32.1 Å². The molecule has 0 aliphatic carbocycles. The molecule has 31 nitrogen and oxygen atoms in total. The number of hydrogen-bond acceptors (Lipinski definition) is 17. The molecule has 0 aliphatic heterocycles. The number of benzene rings is 2. The number of carboxylic acid groups (broad SMARTS) is 4. The number of carbonyl (C=O) groups is 14. The van der Waals surface area contributed by atoms with Crippen molar-refractivity contribution in [1.29, 1.82) is 0 Å². The standard InChI is InChI=1S/C51H71N11O20/c1-25(2)18-35(51(81)82)60-47(77)33(20-28-12-8-5-9-13-28)59-50(80)37(24-64)62-48(78)34(22-41(70)71)57-42(72)26(3)54-49(79)36(23-63)61-45(75)31(15-17-39(66)67)55-44(74)30(14-16-38(53)65)56-46(76)32(19-27-10-6-4-7-11-27)58-43(73)29(52)21-40(68)69/h4-13,25-26,29-37,63-64H,14-24,52H2,1-3H3,(H2,53,65)(H,54,79)(H,55,74)(H,56,76)(H,57,72)(H,58,73)(H,59,80)(H,60,77)(H,61,75)(H,62,78)(H,66,67)(H,68,69)(H,70,71)(H,81,82)/t26-,29-,30-,31-,32-,33-,34-,35-,36-,37-/m0/s1. The fourth-order valence-corrected chi connectivity index (χ4v) is 7.54. The Morgan fingerprint density at radius 3 is 1.17 bits per heavy atom. The van der Waals surface area contributed by atoms with E-state index in [2.05, 4.69) is 47.9 Å². The SMILES string of the molecule is CC(C)C[C@H](NC(=O)[C@H](Cc1ccccc1)NC(=O)[C@H](CO)NC(=O)[C@H](CC(=O)O)NC(=O)[C@H](C)NC(=O)[C@H](CO)NC(=O)[C@H](CCC(=O)O)NC(=O)[C@H](CCC(N)=O)NC(=O)[C@H](Cc1ccccc1)NC(=O)[C@@H](N)CC(=O)O)C(=O)O. The first-order valence-electron chi connectivity index (χ1n) is 25.5. The molecular weight excluding hydrogens is 1090 g/mol. The van der Waals surface area contributed by atoms with Gasteiger partial charge in [0.2, 0.25) is 59.1 Å². The molecule has 450 valence electrons. The van der Waals surface area contributed by atoms with Crippen molar-refractivity contribution in [3.63, 3.8) is 0 Å². The average Bonchev–Trinajstić information content (AvgIpc) is 3.46. The molecule has 19 N–H and O–H groups in total. The number of aliphatic hydroxyl groups excluding tert-OH is 2. The molecule has 0 radical (unpaired) electrons. The molecule has 0 aromatic heterocycles.